The molecule has 0 unspecified atom stereocenters. The second-order valence-corrected chi connectivity index (χ2v) is 3.37. The predicted molar refractivity (Wildman–Crippen MR) is 58.1 cm³/mol. The molecular weight excluding hydrogens is 234 g/mol. The van der Waals surface area contributed by atoms with Gasteiger partial charge in [-0.25, -0.2) is 4.79 Å². The van der Waals surface area contributed by atoms with Crippen molar-refractivity contribution in [3.05, 3.63) is 33.8 Å². The lowest BCUT2D eigenvalue weighted by Crippen LogP contribution is -2.13. The molecule has 0 saturated carbocycles. The summed E-state index contributed by atoms with van der Waals surface area (Å²) in [6, 6.07) is 4.69. The van der Waals surface area contributed by atoms with E-state index in [9.17, 15) is 4.79 Å². The fourth-order valence-electron chi connectivity index (χ4n) is 1.19. The zero-order valence-corrected chi connectivity index (χ0v) is 9.06. The maximum absolute atomic E-state index is 11.4. The maximum atomic E-state index is 11.4. The molecule has 0 amide bonds. The Morgan fingerprint density at radius 3 is 2.88 bits per heavy atom. The largest absolute Gasteiger partial charge is 0.452 e. The molecule has 2 aromatic rings. The molecule has 1 heterocycles. The van der Waals surface area contributed by atoms with Crippen LogP contribution in [0.4, 0.5) is 5.69 Å². The topological polar surface area (TPSA) is 83.3 Å². The maximum Gasteiger partial charge on any atom is 0.444 e. The highest BCUT2D eigenvalue weighted by Gasteiger charge is 2.12. The third-order valence-electron chi connectivity index (χ3n) is 1.90. The van der Waals surface area contributed by atoms with E-state index in [2.05, 4.69) is 9.52 Å². The second kappa shape index (κ2) is 3.90. The molecule has 0 spiro atoms. The van der Waals surface area contributed by atoms with Gasteiger partial charge in [-0.15, -0.1) is 0 Å². The van der Waals surface area contributed by atoms with E-state index in [0.717, 1.165) is 4.68 Å². The van der Waals surface area contributed by atoms with Crippen molar-refractivity contribution in [3.63, 3.8) is 0 Å². The first-order chi connectivity index (χ1) is 7.61. The van der Waals surface area contributed by atoms with E-state index in [0.29, 0.717) is 16.4 Å². The number of nitrogens with zero attached hydrogens (tertiary/aromatic N) is 2. The summed E-state index contributed by atoms with van der Waals surface area (Å²) < 4.78 is 10.4. The minimum atomic E-state index is -0.677. The second-order valence-electron chi connectivity index (χ2n) is 2.96. The summed E-state index contributed by atoms with van der Waals surface area (Å²) in [5.41, 5.74) is 6.41. The van der Waals surface area contributed by atoms with Gasteiger partial charge in [-0.2, -0.15) is 4.68 Å². The molecule has 1 aromatic heterocycles. The number of benzene rings is 1. The van der Waals surface area contributed by atoms with E-state index in [1.165, 1.54) is 13.2 Å². The van der Waals surface area contributed by atoms with Crippen molar-refractivity contribution >= 4 is 17.3 Å². The molecule has 0 fully saturated rings. The van der Waals surface area contributed by atoms with Crippen LogP contribution in [0.2, 0.25) is 5.02 Å². The van der Waals surface area contributed by atoms with E-state index in [-0.39, 0.29) is 6.08 Å². The zero-order valence-electron chi connectivity index (χ0n) is 8.31. The number of aromatic nitrogens is 2. The van der Waals surface area contributed by atoms with Crippen molar-refractivity contribution in [1.29, 1.82) is 0 Å². The lowest BCUT2D eigenvalue weighted by atomic mass is 10.3. The quantitative estimate of drug-likeness (QED) is 0.795. The third-order valence-corrected chi connectivity index (χ3v) is 2.21. The van der Waals surface area contributed by atoms with Crippen molar-refractivity contribution in [2.45, 2.75) is 0 Å². The highest BCUT2D eigenvalue weighted by Crippen LogP contribution is 2.21. The van der Waals surface area contributed by atoms with Crippen LogP contribution in [0.1, 0.15) is 0 Å². The van der Waals surface area contributed by atoms with Gasteiger partial charge in [-0.3, -0.25) is 0 Å². The normalized spacial score (nSPS) is 10.4. The van der Waals surface area contributed by atoms with Crippen molar-refractivity contribution in [2.24, 2.45) is 0 Å². The van der Waals surface area contributed by atoms with Gasteiger partial charge in [0.2, 0.25) is 0 Å². The van der Waals surface area contributed by atoms with Crippen molar-refractivity contribution in [1.82, 2.24) is 9.78 Å². The van der Waals surface area contributed by atoms with Gasteiger partial charge in [0.05, 0.1) is 17.8 Å². The number of halogens is 1. The summed E-state index contributed by atoms with van der Waals surface area (Å²) in [6.07, 6.45) is -0.127. The van der Waals surface area contributed by atoms with Gasteiger partial charge in [-0.1, -0.05) is 16.7 Å². The first-order valence-corrected chi connectivity index (χ1v) is 4.69. The average Bonchev–Trinajstić information content (AvgIpc) is 2.60. The van der Waals surface area contributed by atoms with Crippen LogP contribution in [-0.4, -0.2) is 16.9 Å². The number of anilines is 1. The van der Waals surface area contributed by atoms with Crippen LogP contribution < -0.4 is 16.2 Å². The Morgan fingerprint density at radius 1 is 1.56 bits per heavy atom. The Labute approximate surface area is 95.2 Å². The van der Waals surface area contributed by atoms with E-state index >= 15 is 0 Å². The first-order valence-electron chi connectivity index (χ1n) is 4.31. The number of nitrogen functional groups attached to an aromatic ring is 1. The van der Waals surface area contributed by atoms with Crippen molar-refractivity contribution < 1.29 is 9.15 Å². The number of hydrogen-bond acceptors (Lipinski definition) is 5. The van der Waals surface area contributed by atoms with Gasteiger partial charge < -0.3 is 14.9 Å². The third kappa shape index (κ3) is 1.74. The van der Waals surface area contributed by atoms with Crippen LogP contribution in [0.3, 0.4) is 0 Å². The SMILES string of the molecule is COc1nn(-c2ccc(N)cc2Cl)c(=O)o1. The molecule has 16 heavy (non-hydrogen) atoms. The first kappa shape index (κ1) is 10.6. The Hall–Kier alpha value is -1.95. The number of ether oxygens (including phenoxy) is 1. The van der Waals surface area contributed by atoms with Gasteiger partial charge in [0.15, 0.2) is 0 Å². The smallest absolute Gasteiger partial charge is 0.444 e. The van der Waals surface area contributed by atoms with Gasteiger partial charge in [0.25, 0.3) is 0 Å². The molecule has 2 rings (SSSR count). The molecular formula is C9H8ClN3O3. The molecule has 7 heteroatoms. The summed E-state index contributed by atoms with van der Waals surface area (Å²) in [5, 5.41) is 4.08. The Bertz CT molecular complexity index is 576. The number of hydrogen-bond donors (Lipinski definition) is 1. The van der Waals surface area contributed by atoms with Gasteiger partial charge in [-0.05, 0) is 18.2 Å². The number of nitrogens with two attached hydrogens (primary N) is 1. The van der Waals surface area contributed by atoms with Crippen molar-refractivity contribution in [2.75, 3.05) is 12.8 Å². The zero-order chi connectivity index (χ0) is 11.7. The lowest BCUT2D eigenvalue weighted by molar-refractivity contribution is 0.282. The molecule has 2 N–H and O–H groups in total. The van der Waals surface area contributed by atoms with Gasteiger partial charge in [0, 0.05) is 5.69 Å². The Morgan fingerprint density at radius 2 is 2.31 bits per heavy atom. The summed E-state index contributed by atoms with van der Waals surface area (Å²) in [4.78, 5) is 11.4. The minimum absolute atomic E-state index is 0.127. The minimum Gasteiger partial charge on any atom is -0.452 e. The Kier molecular flexibility index (Phi) is 2.57. The molecule has 0 aliphatic rings. The molecule has 6 nitrogen and oxygen atoms in total. The molecule has 0 bridgehead atoms. The summed E-state index contributed by atoms with van der Waals surface area (Å²) in [6.45, 7) is 0. The molecule has 0 aliphatic heterocycles. The van der Waals surface area contributed by atoms with Gasteiger partial charge >= 0.3 is 11.8 Å². The highest BCUT2D eigenvalue weighted by molar-refractivity contribution is 6.32. The standard InChI is InChI=1S/C9H8ClN3O3/c1-15-8-12-13(9(14)16-8)7-3-2-5(11)4-6(7)10/h2-4H,11H2,1H3. The predicted octanol–water partition coefficient (Wildman–Crippen LogP) is 1.07. The molecule has 0 aliphatic carbocycles. The average molecular weight is 242 g/mol. The molecule has 0 radical (unpaired) electrons. The molecule has 84 valence electrons. The fraction of sp³-hybridized carbons (Fsp3) is 0.111. The highest BCUT2D eigenvalue weighted by atomic mass is 35.5. The monoisotopic (exact) mass is 241 g/mol. The van der Waals surface area contributed by atoms with Crippen LogP contribution in [0.15, 0.2) is 27.4 Å². The molecule has 0 saturated heterocycles. The lowest BCUT2D eigenvalue weighted by Gasteiger charge is -2.01. The van der Waals surface area contributed by atoms with Crippen LogP contribution in [0.5, 0.6) is 6.08 Å². The van der Waals surface area contributed by atoms with Crippen LogP contribution in [0.25, 0.3) is 5.69 Å². The fourth-order valence-corrected chi connectivity index (χ4v) is 1.46. The Balaban J connectivity index is 2.58. The summed E-state index contributed by atoms with van der Waals surface area (Å²) in [7, 11) is 1.35. The molecule has 1 aromatic carbocycles. The summed E-state index contributed by atoms with van der Waals surface area (Å²) in [5.74, 6) is -0.677. The van der Waals surface area contributed by atoms with E-state index in [4.69, 9.17) is 22.1 Å². The molecule has 0 atom stereocenters. The van der Waals surface area contributed by atoms with E-state index < -0.39 is 5.76 Å². The van der Waals surface area contributed by atoms with Crippen LogP contribution >= 0.6 is 11.6 Å². The number of rotatable bonds is 2. The van der Waals surface area contributed by atoms with E-state index in [1.54, 1.807) is 12.1 Å². The van der Waals surface area contributed by atoms with Crippen LogP contribution in [-0.2, 0) is 0 Å². The van der Waals surface area contributed by atoms with Crippen molar-refractivity contribution in [3.8, 4) is 11.8 Å². The summed E-state index contributed by atoms with van der Waals surface area (Å²) >= 11 is 5.93. The number of methoxy groups -OCH3 is 1. The van der Waals surface area contributed by atoms with Gasteiger partial charge in [0.1, 0.15) is 0 Å². The van der Waals surface area contributed by atoms with E-state index in [1.807, 2.05) is 0 Å². The van der Waals surface area contributed by atoms with Crippen LogP contribution in [0, 0.1) is 0 Å².